The van der Waals surface area contributed by atoms with E-state index in [0.29, 0.717) is 16.5 Å². The monoisotopic (exact) mass is 206 g/mol. The molecule has 2 aromatic heterocycles. The van der Waals surface area contributed by atoms with Crippen molar-refractivity contribution in [2.75, 3.05) is 0 Å². The summed E-state index contributed by atoms with van der Waals surface area (Å²) in [6.45, 7) is 0. The lowest BCUT2D eigenvalue weighted by molar-refractivity contribution is 0.111. The summed E-state index contributed by atoms with van der Waals surface area (Å²) in [6, 6.07) is 6.96. The lowest BCUT2D eigenvalue weighted by atomic mass is 10.4. The van der Waals surface area contributed by atoms with Crippen molar-refractivity contribution in [3.63, 3.8) is 0 Å². The first kappa shape index (κ1) is 8.97. The molecule has 0 saturated heterocycles. The first-order chi connectivity index (χ1) is 6.83. The zero-order valence-electron chi connectivity index (χ0n) is 7.22. The van der Waals surface area contributed by atoms with E-state index in [0.717, 1.165) is 6.29 Å². The maximum atomic E-state index is 10.7. The molecule has 0 bridgehead atoms. The Bertz CT molecular complexity index is 465. The van der Waals surface area contributed by atoms with Crippen molar-refractivity contribution in [2.24, 2.45) is 0 Å². The fraction of sp³-hybridized carbons (Fsp3) is 0. The van der Waals surface area contributed by atoms with Crippen molar-refractivity contribution < 1.29 is 4.79 Å². The average molecular weight is 207 g/mol. The SMILES string of the molecule is O=Cc1cccn1-c1ncccc1Cl. The highest BCUT2D eigenvalue weighted by molar-refractivity contribution is 6.32. The zero-order valence-corrected chi connectivity index (χ0v) is 7.98. The number of carbonyl (C=O) groups is 1. The summed E-state index contributed by atoms with van der Waals surface area (Å²) >= 11 is 5.95. The highest BCUT2D eigenvalue weighted by Gasteiger charge is 2.06. The molecule has 0 aliphatic heterocycles. The lowest BCUT2D eigenvalue weighted by Gasteiger charge is -2.05. The van der Waals surface area contributed by atoms with Crippen LogP contribution >= 0.6 is 11.6 Å². The van der Waals surface area contributed by atoms with Crippen LogP contribution in [0.1, 0.15) is 10.5 Å². The minimum Gasteiger partial charge on any atom is -0.297 e. The topological polar surface area (TPSA) is 34.9 Å². The first-order valence-corrected chi connectivity index (χ1v) is 4.44. The van der Waals surface area contributed by atoms with Crippen LogP contribution in [0.25, 0.3) is 5.82 Å². The highest BCUT2D eigenvalue weighted by Crippen LogP contribution is 2.18. The molecule has 0 radical (unpaired) electrons. The van der Waals surface area contributed by atoms with Gasteiger partial charge in [-0.15, -0.1) is 0 Å². The molecule has 0 fully saturated rings. The molecular weight excluding hydrogens is 200 g/mol. The van der Waals surface area contributed by atoms with E-state index in [2.05, 4.69) is 4.98 Å². The molecule has 14 heavy (non-hydrogen) atoms. The van der Waals surface area contributed by atoms with Crippen LogP contribution in [0.3, 0.4) is 0 Å². The van der Waals surface area contributed by atoms with Crippen molar-refractivity contribution >= 4 is 17.9 Å². The van der Waals surface area contributed by atoms with Gasteiger partial charge < -0.3 is 0 Å². The summed E-state index contributed by atoms with van der Waals surface area (Å²) in [5.41, 5.74) is 0.533. The Morgan fingerprint density at radius 3 is 2.93 bits per heavy atom. The highest BCUT2D eigenvalue weighted by atomic mass is 35.5. The van der Waals surface area contributed by atoms with Crippen LogP contribution in [-0.2, 0) is 0 Å². The summed E-state index contributed by atoms with van der Waals surface area (Å²) < 4.78 is 1.65. The summed E-state index contributed by atoms with van der Waals surface area (Å²) in [4.78, 5) is 14.8. The number of carbonyl (C=O) groups excluding carboxylic acids is 1. The fourth-order valence-corrected chi connectivity index (χ4v) is 1.45. The molecule has 4 heteroatoms. The molecule has 0 spiro atoms. The van der Waals surface area contributed by atoms with Gasteiger partial charge in [-0.1, -0.05) is 11.6 Å². The van der Waals surface area contributed by atoms with Crippen LogP contribution in [-0.4, -0.2) is 15.8 Å². The smallest absolute Gasteiger partial charge is 0.166 e. The van der Waals surface area contributed by atoms with Gasteiger partial charge in [-0.3, -0.25) is 9.36 Å². The molecule has 0 aromatic carbocycles. The molecule has 0 N–H and O–H groups in total. The molecule has 2 aromatic rings. The molecule has 70 valence electrons. The van der Waals surface area contributed by atoms with E-state index in [1.54, 1.807) is 41.2 Å². The molecular formula is C10H7ClN2O. The van der Waals surface area contributed by atoms with E-state index in [1.807, 2.05) is 0 Å². The fourth-order valence-electron chi connectivity index (χ4n) is 1.24. The molecule has 0 atom stereocenters. The third kappa shape index (κ3) is 1.42. The van der Waals surface area contributed by atoms with Crippen molar-refractivity contribution in [3.8, 4) is 5.82 Å². The second kappa shape index (κ2) is 3.64. The van der Waals surface area contributed by atoms with Gasteiger partial charge in [-0.25, -0.2) is 4.98 Å². The maximum Gasteiger partial charge on any atom is 0.166 e. The normalized spacial score (nSPS) is 10.1. The Morgan fingerprint density at radius 2 is 2.21 bits per heavy atom. The number of nitrogens with zero attached hydrogens (tertiary/aromatic N) is 2. The standard InChI is InChI=1S/C10H7ClN2O/c11-9-4-1-5-12-10(9)13-6-2-3-8(13)7-14/h1-7H. The number of rotatable bonds is 2. The molecule has 3 nitrogen and oxygen atoms in total. The number of pyridine rings is 1. The van der Waals surface area contributed by atoms with Gasteiger partial charge in [0.2, 0.25) is 0 Å². The second-order valence-corrected chi connectivity index (χ2v) is 3.14. The third-order valence-corrected chi connectivity index (χ3v) is 2.16. The molecule has 0 amide bonds. The van der Waals surface area contributed by atoms with E-state index >= 15 is 0 Å². The van der Waals surface area contributed by atoms with Gasteiger partial charge in [-0.2, -0.15) is 0 Å². The maximum absolute atomic E-state index is 10.7. The Morgan fingerprint density at radius 1 is 1.36 bits per heavy atom. The summed E-state index contributed by atoms with van der Waals surface area (Å²) in [5.74, 6) is 0.571. The van der Waals surface area contributed by atoms with Crippen LogP contribution in [0.15, 0.2) is 36.7 Å². The van der Waals surface area contributed by atoms with E-state index in [-0.39, 0.29) is 0 Å². The predicted molar refractivity (Wildman–Crippen MR) is 54.0 cm³/mol. The van der Waals surface area contributed by atoms with Gasteiger partial charge in [0.25, 0.3) is 0 Å². The number of aromatic nitrogens is 2. The summed E-state index contributed by atoms with van der Waals surface area (Å²) in [5, 5.41) is 0.520. The van der Waals surface area contributed by atoms with Crippen LogP contribution in [0.5, 0.6) is 0 Å². The first-order valence-electron chi connectivity index (χ1n) is 4.06. The quantitative estimate of drug-likeness (QED) is 0.707. The third-order valence-electron chi connectivity index (χ3n) is 1.87. The number of aldehydes is 1. The molecule has 0 aliphatic carbocycles. The Balaban J connectivity index is 2.60. The summed E-state index contributed by atoms with van der Waals surface area (Å²) in [7, 11) is 0. The van der Waals surface area contributed by atoms with E-state index in [9.17, 15) is 4.79 Å². The number of halogens is 1. The van der Waals surface area contributed by atoms with Crippen molar-refractivity contribution in [3.05, 3.63) is 47.4 Å². The van der Waals surface area contributed by atoms with Gasteiger partial charge >= 0.3 is 0 Å². The Kier molecular flexibility index (Phi) is 2.33. The molecule has 0 saturated carbocycles. The van der Waals surface area contributed by atoms with E-state index in [1.165, 1.54) is 0 Å². The van der Waals surface area contributed by atoms with Gasteiger partial charge in [0, 0.05) is 12.4 Å². The van der Waals surface area contributed by atoms with E-state index in [4.69, 9.17) is 11.6 Å². The summed E-state index contributed by atoms with van der Waals surface area (Å²) in [6.07, 6.45) is 4.15. The predicted octanol–water partition coefficient (Wildman–Crippen LogP) is 2.34. The van der Waals surface area contributed by atoms with Gasteiger partial charge in [0.1, 0.15) is 0 Å². The van der Waals surface area contributed by atoms with Crippen molar-refractivity contribution in [2.45, 2.75) is 0 Å². The van der Waals surface area contributed by atoms with Gasteiger partial charge in [0.05, 0.1) is 10.7 Å². The van der Waals surface area contributed by atoms with Crippen LogP contribution in [0, 0.1) is 0 Å². The van der Waals surface area contributed by atoms with Gasteiger partial charge in [0.15, 0.2) is 12.1 Å². The van der Waals surface area contributed by atoms with Gasteiger partial charge in [-0.05, 0) is 24.3 Å². The molecule has 0 aliphatic rings. The molecule has 2 rings (SSSR count). The minimum absolute atomic E-state index is 0.520. The van der Waals surface area contributed by atoms with Crippen LogP contribution in [0.2, 0.25) is 5.02 Å². The zero-order chi connectivity index (χ0) is 9.97. The van der Waals surface area contributed by atoms with Crippen LogP contribution in [0.4, 0.5) is 0 Å². The molecule has 0 unspecified atom stereocenters. The minimum atomic E-state index is 0.520. The number of hydrogen-bond donors (Lipinski definition) is 0. The molecule has 2 heterocycles. The van der Waals surface area contributed by atoms with E-state index < -0.39 is 0 Å². The lowest BCUT2D eigenvalue weighted by Crippen LogP contribution is -2.00. The largest absolute Gasteiger partial charge is 0.297 e. The second-order valence-electron chi connectivity index (χ2n) is 2.73. The Labute approximate surface area is 86.0 Å². The average Bonchev–Trinajstić information content (AvgIpc) is 2.66. The number of hydrogen-bond acceptors (Lipinski definition) is 2. The van der Waals surface area contributed by atoms with Crippen LogP contribution < -0.4 is 0 Å². The van der Waals surface area contributed by atoms with Crippen molar-refractivity contribution in [1.82, 2.24) is 9.55 Å². The van der Waals surface area contributed by atoms with Crippen molar-refractivity contribution in [1.29, 1.82) is 0 Å². The Hall–Kier alpha value is -1.61.